The van der Waals surface area contributed by atoms with Crippen LogP contribution in [0, 0.1) is 0 Å². The topological polar surface area (TPSA) is 27.7 Å². The lowest BCUT2D eigenvalue weighted by molar-refractivity contribution is -0.0304. The van der Waals surface area contributed by atoms with Gasteiger partial charge in [0.1, 0.15) is 0 Å². The van der Waals surface area contributed by atoms with Crippen LogP contribution in [0.4, 0.5) is 0 Å². The molecule has 0 atom stereocenters. The summed E-state index contributed by atoms with van der Waals surface area (Å²) in [6.07, 6.45) is 0.0884. The Bertz CT molecular complexity index is 674. The Kier molecular flexibility index (Phi) is 6.44. The maximum atomic E-state index is 6.49. The van der Waals surface area contributed by atoms with Crippen LogP contribution in [0.3, 0.4) is 0 Å². The van der Waals surface area contributed by atoms with E-state index in [1.54, 1.807) is 0 Å². The molecule has 0 spiro atoms. The fourth-order valence-corrected chi connectivity index (χ4v) is 6.59. The molecule has 0 radical (unpaired) electrons. The first-order chi connectivity index (χ1) is 11.6. The Balaban J connectivity index is 2.48. The highest BCUT2D eigenvalue weighted by Crippen LogP contribution is 2.29. The summed E-state index contributed by atoms with van der Waals surface area (Å²) in [6.45, 7) is 14.4. The smallest absolute Gasteiger partial charge is 0.371 e. The molecule has 2 aromatic carbocycles. The molecule has 0 bridgehead atoms. The van der Waals surface area contributed by atoms with Crippen molar-refractivity contribution in [1.82, 2.24) is 0 Å². The van der Waals surface area contributed by atoms with E-state index in [2.05, 4.69) is 63.2 Å². The van der Waals surface area contributed by atoms with Gasteiger partial charge in [0.05, 0.1) is 5.60 Å². The van der Waals surface area contributed by atoms with E-state index in [9.17, 15) is 0 Å². The molecule has 0 aromatic heterocycles. The average Bonchev–Trinajstić information content (AvgIpc) is 2.44. The molecule has 0 heterocycles. The highest BCUT2D eigenvalue weighted by molar-refractivity contribution is 6.60. The maximum absolute atomic E-state index is 6.49. The van der Waals surface area contributed by atoms with Crippen LogP contribution in [0.5, 0.6) is 0 Å². The highest BCUT2D eigenvalue weighted by Gasteiger charge is 2.46. The van der Waals surface area contributed by atoms with Crippen molar-refractivity contribution in [3.63, 3.8) is 0 Å². The van der Waals surface area contributed by atoms with Crippen molar-refractivity contribution in [3.8, 4) is 0 Å². The predicted octanol–water partition coefficient (Wildman–Crippen LogP) is 5.53. The van der Waals surface area contributed by atoms with Crippen LogP contribution >= 0.6 is 0 Å². The van der Waals surface area contributed by atoms with E-state index in [0.717, 1.165) is 0 Å². The first-order valence-corrected chi connectivity index (χ1v) is 11.1. The molecular weight excluding hydrogens is 328 g/mol. The second kappa shape index (κ2) is 8.00. The van der Waals surface area contributed by atoms with E-state index in [4.69, 9.17) is 13.3 Å². The summed E-state index contributed by atoms with van der Waals surface area (Å²) >= 11 is 0. The summed E-state index contributed by atoms with van der Waals surface area (Å²) in [7, 11) is -2.92. The lowest BCUT2D eigenvalue weighted by Gasteiger charge is -2.38. The number of hydrogen-bond donors (Lipinski definition) is 0. The third-order valence-corrected chi connectivity index (χ3v) is 6.98. The third kappa shape index (κ3) is 5.92. The van der Waals surface area contributed by atoms with Gasteiger partial charge in [0.15, 0.2) is 0 Å². The van der Waals surface area contributed by atoms with Crippen LogP contribution in [0.25, 0.3) is 10.8 Å². The molecule has 0 aliphatic rings. The minimum absolute atomic E-state index is 0.0442. The second-order valence-electron chi connectivity index (χ2n) is 8.05. The number of hydrogen-bond acceptors (Lipinski definition) is 3. The zero-order valence-electron chi connectivity index (χ0n) is 16.6. The molecule has 2 rings (SSSR count). The van der Waals surface area contributed by atoms with Crippen molar-refractivity contribution in [2.24, 2.45) is 0 Å². The molecule has 3 nitrogen and oxygen atoms in total. The van der Waals surface area contributed by atoms with Crippen LogP contribution in [-0.4, -0.2) is 26.6 Å². The summed E-state index contributed by atoms with van der Waals surface area (Å²) in [5, 5.41) is 2.46. The van der Waals surface area contributed by atoms with Crippen LogP contribution < -0.4 is 0 Å². The van der Waals surface area contributed by atoms with E-state index in [-0.39, 0.29) is 17.8 Å². The summed E-state index contributed by atoms with van der Waals surface area (Å²) in [5.41, 5.74) is 0.885. The SMILES string of the molecule is CC(C)O[Si](Cc1cccc2ccccc12)(OC(C)C)OC(C)(C)C. The normalized spacial score (nSPS) is 13.2. The lowest BCUT2D eigenvalue weighted by Crippen LogP contribution is -2.55. The average molecular weight is 361 g/mol. The van der Waals surface area contributed by atoms with Crippen LogP contribution in [0.15, 0.2) is 42.5 Å². The number of rotatable bonds is 7. The second-order valence-corrected chi connectivity index (χ2v) is 10.4. The first kappa shape index (κ1) is 20.1. The van der Waals surface area contributed by atoms with Crippen molar-refractivity contribution in [2.75, 3.05) is 0 Å². The Hall–Kier alpha value is -1.20. The number of fused-ring (bicyclic) bond motifs is 1. The molecule has 4 heteroatoms. The summed E-state index contributed by atoms with van der Waals surface area (Å²) in [4.78, 5) is 0. The molecule has 0 unspecified atom stereocenters. The molecule has 0 aliphatic heterocycles. The van der Waals surface area contributed by atoms with Crippen molar-refractivity contribution in [2.45, 2.75) is 72.3 Å². The van der Waals surface area contributed by atoms with E-state index in [1.165, 1.54) is 16.3 Å². The summed E-state index contributed by atoms with van der Waals surface area (Å²) < 4.78 is 19.2. The fourth-order valence-electron chi connectivity index (χ4n) is 3.06. The van der Waals surface area contributed by atoms with Gasteiger partial charge in [-0.3, -0.25) is 0 Å². The Morgan fingerprint density at radius 2 is 1.40 bits per heavy atom. The van der Waals surface area contributed by atoms with Crippen molar-refractivity contribution in [1.29, 1.82) is 0 Å². The standard InChI is InChI=1S/C21H32O3Si/c1-16(2)22-25(23-17(3)4,24-21(5,6)7)15-19-13-10-12-18-11-8-9-14-20(18)19/h8-14,16-17H,15H2,1-7H3. The molecule has 0 N–H and O–H groups in total. The van der Waals surface area contributed by atoms with Crippen LogP contribution in [0.2, 0.25) is 0 Å². The molecule has 0 saturated carbocycles. The van der Waals surface area contributed by atoms with Crippen LogP contribution in [-0.2, 0) is 19.3 Å². The fraction of sp³-hybridized carbons (Fsp3) is 0.524. The van der Waals surface area contributed by atoms with Gasteiger partial charge in [0.2, 0.25) is 0 Å². The van der Waals surface area contributed by atoms with Crippen molar-refractivity contribution >= 4 is 19.6 Å². The minimum atomic E-state index is -2.92. The van der Waals surface area contributed by atoms with E-state index < -0.39 is 8.80 Å². The Morgan fingerprint density at radius 3 is 1.96 bits per heavy atom. The predicted molar refractivity (Wildman–Crippen MR) is 107 cm³/mol. The molecule has 25 heavy (non-hydrogen) atoms. The largest absolute Gasteiger partial charge is 0.506 e. The van der Waals surface area contributed by atoms with Gasteiger partial charge in [-0.1, -0.05) is 42.5 Å². The van der Waals surface area contributed by atoms with Gasteiger partial charge >= 0.3 is 8.80 Å². The molecular formula is C21H32O3Si. The van der Waals surface area contributed by atoms with Gasteiger partial charge in [0, 0.05) is 18.3 Å². The van der Waals surface area contributed by atoms with Gasteiger partial charge in [-0.05, 0) is 64.8 Å². The Morgan fingerprint density at radius 1 is 0.840 bits per heavy atom. The third-order valence-electron chi connectivity index (χ3n) is 3.58. The van der Waals surface area contributed by atoms with Gasteiger partial charge < -0.3 is 13.3 Å². The molecule has 0 fully saturated rings. The van der Waals surface area contributed by atoms with Crippen molar-refractivity contribution in [3.05, 3.63) is 48.0 Å². The molecule has 2 aromatic rings. The van der Waals surface area contributed by atoms with Gasteiger partial charge in [-0.2, -0.15) is 0 Å². The van der Waals surface area contributed by atoms with Crippen molar-refractivity contribution < 1.29 is 13.3 Å². The zero-order valence-corrected chi connectivity index (χ0v) is 17.6. The quantitative estimate of drug-likeness (QED) is 0.608. The molecule has 138 valence electrons. The highest BCUT2D eigenvalue weighted by atomic mass is 28.4. The van der Waals surface area contributed by atoms with Gasteiger partial charge in [-0.15, -0.1) is 0 Å². The van der Waals surface area contributed by atoms with E-state index in [1.807, 2.05) is 27.7 Å². The Labute approximate surface area is 153 Å². The van der Waals surface area contributed by atoms with Gasteiger partial charge in [0.25, 0.3) is 0 Å². The number of benzene rings is 2. The zero-order chi connectivity index (χ0) is 18.7. The lowest BCUT2D eigenvalue weighted by atomic mass is 10.1. The molecule has 0 aliphatic carbocycles. The van der Waals surface area contributed by atoms with E-state index >= 15 is 0 Å². The van der Waals surface area contributed by atoms with Gasteiger partial charge in [-0.25, -0.2) is 0 Å². The summed E-state index contributed by atoms with van der Waals surface area (Å²) in [5.74, 6) is 0. The van der Waals surface area contributed by atoms with Crippen LogP contribution in [0.1, 0.15) is 54.0 Å². The molecule has 0 saturated heterocycles. The minimum Gasteiger partial charge on any atom is -0.371 e. The van der Waals surface area contributed by atoms with E-state index in [0.29, 0.717) is 6.04 Å². The maximum Gasteiger partial charge on any atom is 0.506 e. The monoisotopic (exact) mass is 360 g/mol. The summed E-state index contributed by atoms with van der Waals surface area (Å²) in [6, 6.07) is 15.5. The molecule has 0 amide bonds. The first-order valence-electron chi connectivity index (χ1n) is 9.13.